The summed E-state index contributed by atoms with van der Waals surface area (Å²) in [6.45, 7) is 0.286. The van der Waals surface area contributed by atoms with Crippen LogP contribution in [-0.2, 0) is 22.5 Å². The lowest BCUT2D eigenvalue weighted by Gasteiger charge is -2.33. The number of benzene rings is 2. The summed E-state index contributed by atoms with van der Waals surface area (Å²) < 4.78 is 5.67. The molecule has 2 aromatic carbocycles. The van der Waals surface area contributed by atoms with E-state index in [1.807, 2.05) is 30.3 Å². The van der Waals surface area contributed by atoms with Crippen LogP contribution in [0.1, 0.15) is 28.3 Å². The summed E-state index contributed by atoms with van der Waals surface area (Å²) in [5.74, 6) is -1.11. The van der Waals surface area contributed by atoms with Gasteiger partial charge >= 0.3 is 12.1 Å². The number of pyridine rings is 1. The molecule has 6 heteroatoms. The zero-order chi connectivity index (χ0) is 20.7. The van der Waals surface area contributed by atoms with E-state index in [9.17, 15) is 14.7 Å². The van der Waals surface area contributed by atoms with Gasteiger partial charge in [0.15, 0.2) is 0 Å². The average molecular weight is 400 g/mol. The Bertz CT molecular complexity index is 1100. The van der Waals surface area contributed by atoms with Crippen LogP contribution in [0.3, 0.4) is 0 Å². The maximum Gasteiger partial charge on any atom is 0.410 e. The smallest absolute Gasteiger partial charge is 0.410 e. The van der Waals surface area contributed by atoms with Crippen LogP contribution < -0.4 is 0 Å². The minimum absolute atomic E-state index is 0.0696. The topological polar surface area (TPSA) is 79.7 Å². The first kappa shape index (κ1) is 18.4. The van der Waals surface area contributed by atoms with Crippen LogP contribution in [0.25, 0.3) is 11.1 Å². The summed E-state index contributed by atoms with van der Waals surface area (Å²) in [7, 11) is 0. The van der Waals surface area contributed by atoms with Gasteiger partial charge in [0.1, 0.15) is 12.6 Å². The quantitative estimate of drug-likeness (QED) is 0.723. The van der Waals surface area contributed by atoms with E-state index in [0.717, 1.165) is 27.8 Å². The highest BCUT2D eigenvalue weighted by atomic mass is 16.6. The Morgan fingerprint density at radius 1 is 1.00 bits per heavy atom. The molecule has 6 nitrogen and oxygen atoms in total. The summed E-state index contributed by atoms with van der Waals surface area (Å²) in [5, 5.41) is 9.65. The zero-order valence-corrected chi connectivity index (χ0v) is 16.2. The van der Waals surface area contributed by atoms with Gasteiger partial charge in [0, 0.05) is 18.5 Å². The van der Waals surface area contributed by atoms with Crippen molar-refractivity contribution in [3.05, 3.63) is 89.2 Å². The third kappa shape index (κ3) is 3.01. The highest BCUT2D eigenvalue weighted by Gasteiger charge is 2.37. The Morgan fingerprint density at radius 3 is 2.33 bits per heavy atom. The third-order valence-corrected chi connectivity index (χ3v) is 5.95. The monoisotopic (exact) mass is 400 g/mol. The second kappa shape index (κ2) is 7.30. The maximum atomic E-state index is 12.9. The largest absolute Gasteiger partial charge is 0.480 e. The number of aromatic nitrogens is 1. The molecule has 0 fully saturated rings. The number of nitrogens with zero attached hydrogens (tertiary/aromatic N) is 2. The standard InChI is InChI=1S/C24H20N2O4/c27-23(28)22-12-15-6-5-11-25-21(15)13-26(22)24(29)30-14-20-18-9-3-1-7-16(18)17-8-2-4-10-19(17)20/h1-11,20,22H,12-14H2,(H,27,28)/t22-/m0/s1. The molecule has 1 aliphatic heterocycles. The van der Waals surface area contributed by atoms with Crippen LogP contribution in [0.2, 0.25) is 0 Å². The van der Waals surface area contributed by atoms with Crippen LogP contribution in [0.15, 0.2) is 66.9 Å². The molecule has 1 atom stereocenters. The Morgan fingerprint density at radius 2 is 1.67 bits per heavy atom. The highest BCUT2D eigenvalue weighted by Crippen LogP contribution is 2.44. The van der Waals surface area contributed by atoms with Gasteiger partial charge in [-0.1, -0.05) is 54.6 Å². The second-order valence-electron chi connectivity index (χ2n) is 7.60. The zero-order valence-electron chi connectivity index (χ0n) is 16.2. The van der Waals surface area contributed by atoms with E-state index in [-0.39, 0.29) is 25.5 Å². The molecule has 3 aromatic rings. The molecule has 1 aromatic heterocycles. The lowest BCUT2D eigenvalue weighted by Crippen LogP contribution is -2.49. The number of amides is 1. The first-order chi connectivity index (χ1) is 14.6. The average Bonchev–Trinajstić information content (AvgIpc) is 3.10. The number of carboxylic acid groups (broad SMARTS) is 1. The molecule has 0 saturated heterocycles. The molecular formula is C24H20N2O4. The van der Waals surface area contributed by atoms with Gasteiger partial charge in [-0.05, 0) is 33.9 Å². The van der Waals surface area contributed by atoms with E-state index < -0.39 is 18.1 Å². The van der Waals surface area contributed by atoms with E-state index >= 15 is 0 Å². The van der Waals surface area contributed by atoms with Crippen molar-refractivity contribution in [2.45, 2.75) is 24.9 Å². The number of carboxylic acids is 1. The van der Waals surface area contributed by atoms with Crippen molar-refractivity contribution in [2.24, 2.45) is 0 Å². The summed E-state index contributed by atoms with van der Waals surface area (Å²) in [5.41, 5.74) is 6.09. The molecule has 0 saturated carbocycles. The van der Waals surface area contributed by atoms with Crippen LogP contribution in [-0.4, -0.2) is 39.7 Å². The molecule has 30 heavy (non-hydrogen) atoms. The van der Waals surface area contributed by atoms with Gasteiger partial charge in [0.25, 0.3) is 0 Å². The summed E-state index contributed by atoms with van der Waals surface area (Å²) >= 11 is 0. The molecule has 0 spiro atoms. The minimum atomic E-state index is -1.04. The molecule has 150 valence electrons. The van der Waals surface area contributed by atoms with Crippen molar-refractivity contribution in [2.75, 3.05) is 6.61 Å². The van der Waals surface area contributed by atoms with Gasteiger partial charge in [-0.15, -0.1) is 0 Å². The number of hydrogen-bond donors (Lipinski definition) is 1. The number of ether oxygens (including phenoxy) is 1. The Labute approximate surface area is 173 Å². The number of hydrogen-bond acceptors (Lipinski definition) is 4. The van der Waals surface area contributed by atoms with Crippen molar-refractivity contribution in [3.8, 4) is 11.1 Å². The number of rotatable bonds is 3. The van der Waals surface area contributed by atoms with Crippen LogP contribution in [0.4, 0.5) is 4.79 Å². The normalized spacial score (nSPS) is 17.1. The molecular weight excluding hydrogens is 380 g/mol. The lowest BCUT2D eigenvalue weighted by atomic mass is 9.97. The fourth-order valence-electron chi connectivity index (χ4n) is 4.48. The predicted molar refractivity (Wildman–Crippen MR) is 110 cm³/mol. The van der Waals surface area contributed by atoms with E-state index in [0.29, 0.717) is 5.69 Å². The van der Waals surface area contributed by atoms with Crippen molar-refractivity contribution in [1.29, 1.82) is 0 Å². The van der Waals surface area contributed by atoms with E-state index in [4.69, 9.17) is 4.74 Å². The molecule has 0 unspecified atom stereocenters. The van der Waals surface area contributed by atoms with Gasteiger partial charge in [0.05, 0.1) is 12.2 Å². The molecule has 1 amide bonds. The third-order valence-electron chi connectivity index (χ3n) is 5.95. The van der Waals surface area contributed by atoms with Crippen molar-refractivity contribution < 1.29 is 19.4 Å². The summed E-state index contributed by atoms with van der Waals surface area (Å²) in [4.78, 5) is 30.3. The van der Waals surface area contributed by atoms with Gasteiger partial charge in [-0.2, -0.15) is 0 Å². The number of aliphatic carboxylic acids is 1. The van der Waals surface area contributed by atoms with E-state index in [2.05, 4.69) is 29.2 Å². The van der Waals surface area contributed by atoms with Gasteiger partial charge in [0.2, 0.25) is 0 Å². The molecule has 1 N–H and O–H groups in total. The minimum Gasteiger partial charge on any atom is -0.480 e. The molecule has 2 aliphatic rings. The molecule has 0 bridgehead atoms. The first-order valence-corrected chi connectivity index (χ1v) is 9.90. The number of carbonyl (C=O) groups is 2. The Balaban J connectivity index is 1.38. The summed E-state index contributed by atoms with van der Waals surface area (Å²) in [6.07, 6.45) is 1.25. The Hall–Kier alpha value is -3.67. The van der Waals surface area contributed by atoms with Gasteiger partial charge < -0.3 is 9.84 Å². The van der Waals surface area contributed by atoms with Crippen LogP contribution >= 0.6 is 0 Å². The predicted octanol–water partition coefficient (Wildman–Crippen LogP) is 3.84. The first-order valence-electron chi connectivity index (χ1n) is 9.90. The summed E-state index contributed by atoms with van der Waals surface area (Å²) in [6, 6.07) is 18.9. The van der Waals surface area contributed by atoms with E-state index in [1.54, 1.807) is 12.3 Å². The fourth-order valence-corrected chi connectivity index (χ4v) is 4.48. The fraction of sp³-hybridized carbons (Fsp3) is 0.208. The van der Waals surface area contributed by atoms with Crippen LogP contribution in [0.5, 0.6) is 0 Å². The number of fused-ring (bicyclic) bond motifs is 4. The Kier molecular flexibility index (Phi) is 4.47. The maximum absolute atomic E-state index is 12.9. The second-order valence-corrected chi connectivity index (χ2v) is 7.60. The number of carbonyl (C=O) groups excluding carboxylic acids is 1. The lowest BCUT2D eigenvalue weighted by molar-refractivity contribution is -0.143. The van der Waals surface area contributed by atoms with Crippen molar-refractivity contribution in [3.63, 3.8) is 0 Å². The SMILES string of the molecule is O=C(O)[C@@H]1Cc2cccnc2CN1C(=O)OCC1c2ccccc2-c2ccccc21. The molecule has 5 rings (SSSR count). The van der Waals surface area contributed by atoms with Gasteiger partial charge in [-0.3, -0.25) is 9.88 Å². The van der Waals surface area contributed by atoms with Crippen molar-refractivity contribution >= 4 is 12.1 Å². The molecule has 2 heterocycles. The highest BCUT2D eigenvalue weighted by molar-refractivity contribution is 5.82. The van der Waals surface area contributed by atoms with Crippen molar-refractivity contribution in [1.82, 2.24) is 9.88 Å². The van der Waals surface area contributed by atoms with Gasteiger partial charge in [-0.25, -0.2) is 9.59 Å². The van der Waals surface area contributed by atoms with Crippen LogP contribution in [0, 0.1) is 0 Å². The molecule has 0 radical (unpaired) electrons. The van der Waals surface area contributed by atoms with E-state index in [1.165, 1.54) is 4.90 Å². The molecule has 1 aliphatic carbocycles.